The molecule has 0 radical (unpaired) electrons. The first-order valence-electron chi connectivity index (χ1n) is 8.85. The highest BCUT2D eigenvalue weighted by Crippen LogP contribution is 2.33. The Bertz CT molecular complexity index is 730. The third-order valence-electron chi connectivity index (χ3n) is 4.29. The topological polar surface area (TPSA) is 29.4 Å². The molecule has 0 amide bonds. The maximum Gasteiger partial charge on any atom is 0.170 e. The standard InChI is InChI=1S/C20H27N3OS/c1-5-24-16-10-8-15(9-11-16)18-17-7-6-12-22(17)13-14-23(18)19(25)21-20(2,3)4/h6-12,18H,5,13-14H2,1-4H3,(H,21,25)/t18-/m0/s1. The maximum absolute atomic E-state index is 5.75. The number of hydrogen-bond acceptors (Lipinski definition) is 2. The minimum absolute atomic E-state index is 0.0557. The first-order chi connectivity index (χ1) is 11.9. The van der Waals surface area contributed by atoms with Crippen molar-refractivity contribution in [1.82, 2.24) is 14.8 Å². The summed E-state index contributed by atoms with van der Waals surface area (Å²) in [6, 6.07) is 12.8. The predicted octanol–water partition coefficient (Wildman–Crippen LogP) is 3.96. The number of rotatable bonds is 3. The zero-order valence-electron chi connectivity index (χ0n) is 15.5. The first kappa shape index (κ1) is 17.8. The number of ether oxygens (including phenoxy) is 1. The van der Waals surface area contributed by atoms with Crippen molar-refractivity contribution >= 4 is 17.3 Å². The van der Waals surface area contributed by atoms with Crippen LogP contribution in [0.2, 0.25) is 0 Å². The van der Waals surface area contributed by atoms with Gasteiger partial charge < -0.3 is 19.5 Å². The molecule has 2 aromatic rings. The van der Waals surface area contributed by atoms with Crippen LogP contribution in [0.25, 0.3) is 0 Å². The van der Waals surface area contributed by atoms with Gasteiger partial charge in [0, 0.05) is 30.5 Å². The Kier molecular flexibility index (Phi) is 5.04. The first-order valence-corrected chi connectivity index (χ1v) is 9.26. The van der Waals surface area contributed by atoms with E-state index in [1.54, 1.807) is 0 Å². The van der Waals surface area contributed by atoms with Crippen LogP contribution in [0.5, 0.6) is 5.75 Å². The fraction of sp³-hybridized carbons (Fsp3) is 0.450. The Hall–Kier alpha value is -2.01. The van der Waals surface area contributed by atoms with E-state index in [0.29, 0.717) is 6.61 Å². The van der Waals surface area contributed by atoms with E-state index in [2.05, 4.69) is 66.0 Å². The summed E-state index contributed by atoms with van der Waals surface area (Å²) in [6.07, 6.45) is 2.15. The van der Waals surface area contributed by atoms with E-state index in [1.165, 1.54) is 11.3 Å². The highest BCUT2D eigenvalue weighted by Gasteiger charge is 2.31. The monoisotopic (exact) mass is 357 g/mol. The Balaban J connectivity index is 1.94. The molecule has 4 nitrogen and oxygen atoms in total. The second kappa shape index (κ2) is 7.08. The average Bonchev–Trinajstić information content (AvgIpc) is 3.02. The molecule has 2 heterocycles. The van der Waals surface area contributed by atoms with Crippen LogP contribution in [0.15, 0.2) is 42.6 Å². The summed E-state index contributed by atoms with van der Waals surface area (Å²) < 4.78 is 7.90. The fourth-order valence-electron chi connectivity index (χ4n) is 3.26. The lowest BCUT2D eigenvalue weighted by Gasteiger charge is -2.40. The molecule has 134 valence electrons. The van der Waals surface area contributed by atoms with E-state index < -0.39 is 0 Å². The van der Waals surface area contributed by atoms with Gasteiger partial charge in [-0.25, -0.2) is 0 Å². The Labute approximate surface area is 155 Å². The molecule has 1 aromatic heterocycles. The van der Waals surface area contributed by atoms with Crippen molar-refractivity contribution in [3.05, 3.63) is 53.9 Å². The van der Waals surface area contributed by atoms with Crippen LogP contribution in [0.3, 0.4) is 0 Å². The Morgan fingerprint density at radius 3 is 2.56 bits per heavy atom. The van der Waals surface area contributed by atoms with Crippen LogP contribution in [-0.4, -0.2) is 33.3 Å². The molecule has 0 aliphatic carbocycles. The van der Waals surface area contributed by atoms with Crippen molar-refractivity contribution in [2.45, 2.75) is 45.8 Å². The van der Waals surface area contributed by atoms with Gasteiger partial charge in [-0.1, -0.05) is 12.1 Å². The Morgan fingerprint density at radius 1 is 1.20 bits per heavy atom. The molecule has 0 bridgehead atoms. The van der Waals surface area contributed by atoms with Gasteiger partial charge in [0.15, 0.2) is 5.11 Å². The smallest absolute Gasteiger partial charge is 0.170 e. The number of fused-ring (bicyclic) bond motifs is 1. The summed E-state index contributed by atoms with van der Waals surface area (Å²) in [6.45, 7) is 10.9. The van der Waals surface area contributed by atoms with Crippen LogP contribution in [0, 0.1) is 0 Å². The van der Waals surface area contributed by atoms with Gasteiger partial charge in [-0.15, -0.1) is 0 Å². The number of nitrogens with zero attached hydrogens (tertiary/aromatic N) is 2. The summed E-state index contributed by atoms with van der Waals surface area (Å²) in [4.78, 5) is 2.30. The minimum atomic E-state index is -0.0557. The average molecular weight is 358 g/mol. The lowest BCUT2D eigenvalue weighted by Crippen LogP contribution is -2.52. The van der Waals surface area contributed by atoms with Crippen molar-refractivity contribution in [3.63, 3.8) is 0 Å². The van der Waals surface area contributed by atoms with Gasteiger partial charge in [0.2, 0.25) is 0 Å². The molecule has 0 spiro atoms. The number of thiocarbonyl (C=S) groups is 1. The Morgan fingerprint density at radius 2 is 1.92 bits per heavy atom. The molecule has 0 fully saturated rings. The minimum Gasteiger partial charge on any atom is -0.494 e. The second-order valence-corrected chi connectivity index (χ2v) is 7.79. The number of hydrogen-bond donors (Lipinski definition) is 1. The predicted molar refractivity (Wildman–Crippen MR) is 106 cm³/mol. The molecule has 1 aromatic carbocycles. The van der Waals surface area contributed by atoms with E-state index >= 15 is 0 Å². The van der Waals surface area contributed by atoms with Crippen molar-refractivity contribution in [2.24, 2.45) is 0 Å². The second-order valence-electron chi connectivity index (χ2n) is 7.40. The largest absolute Gasteiger partial charge is 0.494 e. The van der Waals surface area contributed by atoms with Crippen molar-refractivity contribution < 1.29 is 4.74 Å². The van der Waals surface area contributed by atoms with E-state index in [1.807, 2.05) is 19.1 Å². The van der Waals surface area contributed by atoms with Gasteiger partial charge in [0.25, 0.3) is 0 Å². The summed E-state index contributed by atoms with van der Waals surface area (Å²) in [5.74, 6) is 0.902. The molecular weight excluding hydrogens is 330 g/mol. The molecule has 1 N–H and O–H groups in total. The molecule has 0 saturated heterocycles. The van der Waals surface area contributed by atoms with Crippen molar-refractivity contribution in [2.75, 3.05) is 13.2 Å². The van der Waals surface area contributed by atoms with Crippen molar-refractivity contribution in [3.8, 4) is 5.75 Å². The summed E-state index contributed by atoms with van der Waals surface area (Å²) >= 11 is 5.75. The van der Waals surface area contributed by atoms with Crippen LogP contribution >= 0.6 is 12.2 Å². The van der Waals surface area contributed by atoms with Crippen LogP contribution in [0.1, 0.15) is 45.0 Å². The molecule has 5 heteroatoms. The van der Waals surface area contributed by atoms with Crippen molar-refractivity contribution in [1.29, 1.82) is 0 Å². The van der Waals surface area contributed by atoms with E-state index in [4.69, 9.17) is 17.0 Å². The van der Waals surface area contributed by atoms with Crippen LogP contribution in [0.4, 0.5) is 0 Å². The lowest BCUT2D eigenvalue weighted by atomic mass is 10.00. The van der Waals surface area contributed by atoms with Gasteiger partial charge in [0.1, 0.15) is 5.75 Å². The third-order valence-corrected chi connectivity index (χ3v) is 4.62. The zero-order valence-corrected chi connectivity index (χ0v) is 16.3. The molecule has 1 atom stereocenters. The molecular formula is C20H27N3OS. The van der Waals surface area contributed by atoms with Crippen LogP contribution < -0.4 is 10.1 Å². The van der Waals surface area contributed by atoms with E-state index in [9.17, 15) is 0 Å². The van der Waals surface area contributed by atoms with Crippen LogP contribution in [-0.2, 0) is 6.54 Å². The van der Waals surface area contributed by atoms with E-state index in [-0.39, 0.29) is 11.6 Å². The number of nitrogens with one attached hydrogen (secondary N) is 1. The highest BCUT2D eigenvalue weighted by molar-refractivity contribution is 7.80. The normalized spacial score (nSPS) is 17.1. The third kappa shape index (κ3) is 3.98. The van der Waals surface area contributed by atoms with E-state index in [0.717, 1.165) is 24.0 Å². The molecule has 25 heavy (non-hydrogen) atoms. The molecule has 1 aliphatic heterocycles. The quantitative estimate of drug-likeness (QED) is 0.842. The van der Waals surface area contributed by atoms with Gasteiger partial charge in [0.05, 0.1) is 12.6 Å². The number of benzene rings is 1. The summed E-state index contributed by atoms with van der Waals surface area (Å²) in [7, 11) is 0. The fourth-order valence-corrected chi connectivity index (χ4v) is 3.76. The van der Waals surface area contributed by atoms with Gasteiger partial charge in [-0.3, -0.25) is 0 Å². The SMILES string of the molecule is CCOc1ccc([C@H]2c3cccn3CCN2C(=S)NC(C)(C)C)cc1. The summed E-state index contributed by atoms with van der Waals surface area (Å²) in [5.41, 5.74) is 2.44. The molecule has 1 aliphatic rings. The van der Waals surface area contributed by atoms with Gasteiger partial charge >= 0.3 is 0 Å². The van der Waals surface area contributed by atoms with Gasteiger partial charge in [-0.2, -0.15) is 0 Å². The molecule has 0 saturated carbocycles. The zero-order chi connectivity index (χ0) is 18.0. The molecule has 0 unspecified atom stereocenters. The molecule has 3 rings (SSSR count). The number of aromatic nitrogens is 1. The van der Waals surface area contributed by atoms with Gasteiger partial charge in [-0.05, 0) is 69.7 Å². The summed E-state index contributed by atoms with van der Waals surface area (Å²) in [5, 5.41) is 4.27. The highest BCUT2D eigenvalue weighted by atomic mass is 32.1. The maximum atomic E-state index is 5.75. The lowest BCUT2D eigenvalue weighted by molar-refractivity contribution is 0.278.